The Morgan fingerprint density at radius 1 is 1.37 bits per heavy atom. The predicted octanol–water partition coefficient (Wildman–Crippen LogP) is -0.575. The Labute approximate surface area is 153 Å². The minimum Gasteiger partial charge on any atom is -0.506 e. The fraction of sp³-hybridized carbons (Fsp3) is 0.333. The number of rotatable bonds is 7. The first-order chi connectivity index (χ1) is 12.5. The number of aliphatic hydroxyl groups is 2. The second-order valence-corrected chi connectivity index (χ2v) is 7.02. The molecule has 1 aromatic heterocycles. The molecule has 0 saturated carbocycles. The third-order valence-corrected chi connectivity index (χ3v) is 4.30. The molecule has 1 aliphatic rings. The molecule has 27 heavy (non-hydrogen) atoms. The lowest BCUT2D eigenvalue weighted by Gasteiger charge is -2.25. The van der Waals surface area contributed by atoms with E-state index in [0.717, 1.165) is 12.2 Å². The summed E-state index contributed by atoms with van der Waals surface area (Å²) < 4.78 is 15.3. The Bertz CT molecular complexity index is 846. The quantitative estimate of drug-likeness (QED) is 0.289. The van der Waals surface area contributed by atoms with Crippen LogP contribution in [0.2, 0.25) is 0 Å². The van der Waals surface area contributed by atoms with Crippen molar-refractivity contribution in [2.75, 3.05) is 0 Å². The van der Waals surface area contributed by atoms with Crippen molar-refractivity contribution >= 4 is 13.8 Å². The van der Waals surface area contributed by atoms with E-state index in [1.54, 1.807) is 0 Å². The normalized spacial score (nSPS) is 20.0. The van der Waals surface area contributed by atoms with Crippen LogP contribution in [0.1, 0.15) is 16.8 Å². The molecule has 0 unspecified atom stereocenters. The molecule has 7 N–H and O–H groups in total. The zero-order valence-corrected chi connectivity index (χ0v) is 15.0. The highest BCUT2D eigenvalue weighted by Gasteiger charge is 2.26. The van der Waals surface area contributed by atoms with Crippen LogP contribution in [0.4, 0.5) is 0 Å². The van der Waals surface area contributed by atoms with Crippen LogP contribution in [0.25, 0.3) is 0 Å². The fourth-order valence-corrected chi connectivity index (χ4v) is 2.71. The number of hydrogen-bond acceptors (Lipinski definition) is 8. The summed E-state index contributed by atoms with van der Waals surface area (Å²) in [6.45, 7) is 0.820. The third kappa shape index (κ3) is 5.36. The minimum absolute atomic E-state index is 0.00174. The maximum absolute atomic E-state index is 11.1. The first kappa shape index (κ1) is 21.0. The summed E-state index contributed by atoms with van der Waals surface area (Å²) in [5.74, 6) is -1.55. The van der Waals surface area contributed by atoms with Crippen LogP contribution < -0.4 is 5.32 Å². The largest absolute Gasteiger partial charge is 0.506 e. The Balaban J connectivity index is 2.26. The number of aliphatic hydroxyl groups excluding tert-OH is 2. The van der Waals surface area contributed by atoms with E-state index in [1.165, 1.54) is 13.1 Å². The van der Waals surface area contributed by atoms with Gasteiger partial charge in [-0.3, -0.25) is 9.51 Å². The summed E-state index contributed by atoms with van der Waals surface area (Å²) in [6.07, 6.45) is 0.550. The molecule has 148 valence electrons. The predicted molar refractivity (Wildman–Crippen MR) is 90.1 cm³/mol. The molecule has 1 aliphatic carbocycles. The van der Waals surface area contributed by atoms with Crippen LogP contribution in [-0.2, 0) is 27.0 Å². The lowest BCUT2D eigenvalue weighted by molar-refractivity contribution is -0.132. The van der Waals surface area contributed by atoms with Crippen molar-refractivity contribution in [3.8, 4) is 5.75 Å². The van der Waals surface area contributed by atoms with Gasteiger partial charge in [-0.05, 0) is 19.1 Å². The van der Waals surface area contributed by atoms with Gasteiger partial charge in [0.15, 0.2) is 0 Å². The van der Waals surface area contributed by atoms with Gasteiger partial charge in [-0.25, -0.2) is 9.36 Å². The number of hydrogen-bond donors (Lipinski definition) is 7. The first-order valence-corrected chi connectivity index (χ1v) is 9.15. The minimum atomic E-state index is -4.75. The van der Waals surface area contributed by atoms with E-state index in [-0.39, 0.29) is 40.4 Å². The van der Waals surface area contributed by atoms with E-state index in [9.17, 15) is 24.7 Å². The van der Waals surface area contributed by atoms with E-state index in [4.69, 9.17) is 14.9 Å². The number of aromatic nitrogens is 1. The second kappa shape index (κ2) is 8.17. The SMILES string of the molecule is Cc1ncc(COP(=O)(O)O)c(CNC2=CC(C(=O)O)=C[C@@H](O)[C@@H]2O)c1O. The van der Waals surface area contributed by atoms with Crippen LogP contribution >= 0.6 is 7.82 Å². The molecule has 0 aromatic carbocycles. The van der Waals surface area contributed by atoms with Gasteiger partial charge in [-0.1, -0.05) is 0 Å². The van der Waals surface area contributed by atoms with Crippen molar-refractivity contribution in [3.05, 3.63) is 46.4 Å². The van der Waals surface area contributed by atoms with Crippen LogP contribution in [-0.4, -0.2) is 53.4 Å². The number of phosphoric acid groups is 1. The van der Waals surface area contributed by atoms with Crippen molar-refractivity contribution in [3.63, 3.8) is 0 Å². The van der Waals surface area contributed by atoms with Crippen LogP contribution in [0.15, 0.2) is 29.6 Å². The molecule has 11 nitrogen and oxygen atoms in total. The summed E-state index contributed by atoms with van der Waals surface area (Å²) in [5, 5.41) is 41.7. The molecular formula is C15H19N2O9P. The van der Waals surface area contributed by atoms with Gasteiger partial charge in [0, 0.05) is 29.6 Å². The van der Waals surface area contributed by atoms with Crippen molar-refractivity contribution in [1.29, 1.82) is 0 Å². The molecule has 0 spiro atoms. The van der Waals surface area contributed by atoms with Crippen molar-refractivity contribution in [1.82, 2.24) is 10.3 Å². The zero-order chi connectivity index (χ0) is 20.4. The van der Waals surface area contributed by atoms with E-state index < -0.39 is 32.6 Å². The van der Waals surface area contributed by atoms with Gasteiger partial charge < -0.3 is 35.5 Å². The Hall–Kier alpha value is -2.27. The Kier molecular flexibility index (Phi) is 6.37. The van der Waals surface area contributed by atoms with Gasteiger partial charge in [0.2, 0.25) is 0 Å². The molecule has 0 aliphatic heterocycles. The number of carboxylic acid groups (broad SMARTS) is 1. The molecule has 0 bridgehead atoms. The molecule has 0 fully saturated rings. The highest BCUT2D eigenvalue weighted by atomic mass is 31.2. The number of pyridine rings is 1. The first-order valence-electron chi connectivity index (χ1n) is 7.62. The van der Waals surface area contributed by atoms with Crippen molar-refractivity contribution in [2.45, 2.75) is 32.3 Å². The number of nitrogens with zero attached hydrogens (tertiary/aromatic N) is 1. The number of aliphatic carboxylic acids is 1. The van der Waals surface area contributed by atoms with Crippen LogP contribution in [0, 0.1) is 6.92 Å². The summed E-state index contributed by atoms with van der Waals surface area (Å²) in [7, 11) is -4.75. The topological polar surface area (TPSA) is 190 Å². The monoisotopic (exact) mass is 402 g/mol. The smallest absolute Gasteiger partial charge is 0.469 e. The number of carbonyl (C=O) groups is 1. The van der Waals surface area contributed by atoms with Gasteiger partial charge in [0.1, 0.15) is 18.0 Å². The highest BCUT2D eigenvalue weighted by Crippen LogP contribution is 2.38. The van der Waals surface area contributed by atoms with Crippen molar-refractivity contribution in [2.24, 2.45) is 0 Å². The molecule has 0 saturated heterocycles. The lowest BCUT2D eigenvalue weighted by Crippen LogP contribution is -2.36. The number of aryl methyl sites for hydroxylation is 1. The number of carboxylic acids is 1. The molecule has 0 amide bonds. The Morgan fingerprint density at radius 3 is 2.63 bits per heavy atom. The second-order valence-electron chi connectivity index (χ2n) is 5.78. The van der Waals surface area contributed by atoms with Gasteiger partial charge in [-0.15, -0.1) is 0 Å². The number of aromatic hydroxyl groups is 1. The van der Waals surface area contributed by atoms with Gasteiger partial charge in [0.05, 0.1) is 17.9 Å². The number of phosphoric ester groups is 1. The Morgan fingerprint density at radius 2 is 2.04 bits per heavy atom. The van der Waals surface area contributed by atoms with E-state index in [2.05, 4.69) is 14.8 Å². The molecule has 1 aromatic rings. The lowest BCUT2D eigenvalue weighted by atomic mass is 9.98. The maximum atomic E-state index is 11.1. The van der Waals surface area contributed by atoms with Gasteiger partial charge in [0.25, 0.3) is 0 Å². The molecule has 1 heterocycles. The summed E-state index contributed by atoms with van der Waals surface area (Å²) in [5.41, 5.74) is 0.379. The maximum Gasteiger partial charge on any atom is 0.469 e. The van der Waals surface area contributed by atoms with Crippen LogP contribution in [0.5, 0.6) is 5.75 Å². The molecule has 2 atom stereocenters. The standard InChI is InChI=1S/C15H19N2O9P/c1-7-13(19)10(9(4-16-7)6-26-27(23,24)25)5-17-11-2-8(15(21)22)3-12(18)14(11)20/h2-4,12,14,17-20H,5-6H2,1H3,(H,21,22)(H2,23,24,25)/t12-,14-/m1/s1. The number of nitrogens with one attached hydrogen (secondary N) is 1. The molecule has 2 rings (SSSR count). The molecule has 12 heteroatoms. The molecular weight excluding hydrogens is 383 g/mol. The average molecular weight is 402 g/mol. The average Bonchev–Trinajstić information content (AvgIpc) is 2.57. The van der Waals surface area contributed by atoms with Crippen LogP contribution in [0.3, 0.4) is 0 Å². The van der Waals surface area contributed by atoms with Crippen molar-refractivity contribution < 1.29 is 44.1 Å². The zero-order valence-electron chi connectivity index (χ0n) is 14.1. The third-order valence-electron chi connectivity index (χ3n) is 3.84. The fourth-order valence-electron chi connectivity index (χ4n) is 2.40. The summed E-state index contributed by atoms with van der Waals surface area (Å²) in [6, 6.07) is 0. The summed E-state index contributed by atoms with van der Waals surface area (Å²) >= 11 is 0. The van der Waals surface area contributed by atoms with Gasteiger partial charge in [-0.2, -0.15) is 0 Å². The van der Waals surface area contributed by atoms with E-state index >= 15 is 0 Å². The van der Waals surface area contributed by atoms with Gasteiger partial charge >= 0.3 is 13.8 Å². The summed E-state index contributed by atoms with van der Waals surface area (Å²) in [4.78, 5) is 32.6. The van der Waals surface area contributed by atoms with E-state index in [0.29, 0.717) is 0 Å². The highest BCUT2D eigenvalue weighted by molar-refractivity contribution is 7.46. The van der Waals surface area contributed by atoms with E-state index in [1.807, 2.05) is 0 Å². The molecule has 0 radical (unpaired) electrons.